The first-order valence-electron chi connectivity index (χ1n) is 3.99. The quantitative estimate of drug-likeness (QED) is 0.692. The van der Waals surface area contributed by atoms with Crippen LogP contribution in [0.25, 0.3) is 0 Å². The van der Waals surface area contributed by atoms with Crippen molar-refractivity contribution in [2.75, 3.05) is 0 Å². The number of carbonyl (C=O) groups excluding carboxylic acids is 1. The van der Waals surface area contributed by atoms with E-state index in [4.69, 9.17) is 5.11 Å². The summed E-state index contributed by atoms with van der Waals surface area (Å²) in [5.74, 6) is -4.37. The standard InChI is InChI=1S/C8H8F3NO3/c1-2-4-3-7(4,6(14)15)12-5(13)8(9,10)11/h2,4H,1,3H2,(H,12,13)(H,14,15)/t4-,7-/m0/s1. The van der Waals surface area contributed by atoms with E-state index >= 15 is 0 Å². The molecule has 0 aromatic heterocycles. The van der Waals surface area contributed by atoms with Crippen molar-refractivity contribution in [1.82, 2.24) is 5.32 Å². The van der Waals surface area contributed by atoms with E-state index in [2.05, 4.69) is 6.58 Å². The number of carboxylic acid groups (broad SMARTS) is 1. The summed E-state index contributed by atoms with van der Waals surface area (Å²) in [7, 11) is 0. The Bertz CT molecular complexity index is 326. The number of carbonyl (C=O) groups is 2. The van der Waals surface area contributed by atoms with Crippen LogP contribution in [0.2, 0.25) is 0 Å². The summed E-state index contributed by atoms with van der Waals surface area (Å²) in [4.78, 5) is 21.2. The molecule has 0 saturated heterocycles. The van der Waals surface area contributed by atoms with Crippen LogP contribution in [0.15, 0.2) is 12.7 Å². The lowest BCUT2D eigenvalue weighted by atomic mass is 10.2. The molecule has 1 aliphatic carbocycles. The molecular formula is C8H8F3NO3. The van der Waals surface area contributed by atoms with Gasteiger partial charge in [0.25, 0.3) is 0 Å². The first-order chi connectivity index (χ1) is 6.74. The van der Waals surface area contributed by atoms with Crippen molar-refractivity contribution in [3.63, 3.8) is 0 Å². The Morgan fingerprint density at radius 2 is 2.07 bits per heavy atom. The van der Waals surface area contributed by atoms with Crippen molar-refractivity contribution in [3.05, 3.63) is 12.7 Å². The largest absolute Gasteiger partial charge is 0.479 e. The van der Waals surface area contributed by atoms with Gasteiger partial charge in [-0.1, -0.05) is 6.08 Å². The van der Waals surface area contributed by atoms with Crippen LogP contribution in [0.4, 0.5) is 13.2 Å². The molecule has 1 rings (SSSR count). The van der Waals surface area contributed by atoms with Crippen LogP contribution in [-0.2, 0) is 9.59 Å². The van der Waals surface area contributed by atoms with Gasteiger partial charge in [0, 0.05) is 5.92 Å². The number of carboxylic acids is 1. The minimum atomic E-state index is -5.07. The number of rotatable bonds is 3. The number of hydrogen-bond donors (Lipinski definition) is 2. The maximum Gasteiger partial charge on any atom is 0.471 e. The zero-order valence-corrected chi connectivity index (χ0v) is 7.47. The van der Waals surface area contributed by atoms with Gasteiger partial charge in [0.2, 0.25) is 0 Å². The van der Waals surface area contributed by atoms with Gasteiger partial charge < -0.3 is 10.4 Å². The van der Waals surface area contributed by atoms with E-state index in [1.165, 1.54) is 11.4 Å². The summed E-state index contributed by atoms with van der Waals surface area (Å²) in [5.41, 5.74) is -1.83. The van der Waals surface area contributed by atoms with Gasteiger partial charge in [0.05, 0.1) is 0 Å². The molecule has 0 unspecified atom stereocenters. The Morgan fingerprint density at radius 3 is 2.33 bits per heavy atom. The van der Waals surface area contributed by atoms with Crippen LogP contribution in [0.3, 0.4) is 0 Å². The minimum absolute atomic E-state index is 0.0619. The summed E-state index contributed by atoms with van der Waals surface area (Å²) in [6.45, 7) is 3.27. The summed E-state index contributed by atoms with van der Waals surface area (Å²) < 4.78 is 35.6. The number of amides is 1. The summed E-state index contributed by atoms with van der Waals surface area (Å²) >= 11 is 0. The predicted molar refractivity (Wildman–Crippen MR) is 42.9 cm³/mol. The summed E-state index contributed by atoms with van der Waals surface area (Å²) in [5, 5.41) is 10.2. The lowest BCUT2D eigenvalue weighted by Crippen LogP contribution is -2.49. The first kappa shape index (κ1) is 11.5. The molecule has 0 bridgehead atoms. The van der Waals surface area contributed by atoms with Crippen LogP contribution in [-0.4, -0.2) is 28.7 Å². The molecule has 2 N–H and O–H groups in total. The Hall–Kier alpha value is -1.53. The highest BCUT2D eigenvalue weighted by molar-refractivity contribution is 5.92. The fraction of sp³-hybridized carbons (Fsp3) is 0.500. The number of aliphatic carboxylic acids is 1. The smallest absolute Gasteiger partial charge is 0.471 e. The van der Waals surface area contributed by atoms with Crippen LogP contribution in [0.5, 0.6) is 0 Å². The predicted octanol–water partition coefficient (Wildman–Crippen LogP) is 0.694. The van der Waals surface area contributed by atoms with Crippen molar-refractivity contribution in [3.8, 4) is 0 Å². The fourth-order valence-electron chi connectivity index (χ4n) is 1.29. The second-order valence-electron chi connectivity index (χ2n) is 3.27. The van der Waals surface area contributed by atoms with Gasteiger partial charge in [-0.2, -0.15) is 13.2 Å². The highest BCUT2D eigenvalue weighted by atomic mass is 19.4. The van der Waals surface area contributed by atoms with Gasteiger partial charge in [-0.05, 0) is 6.42 Å². The van der Waals surface area contributed by atoms with Crippen molar-refractivity contribution < 1.29 is 27.9 Å². The third kappa shape index (κ3) is 1.95. The maximum absolute atomic E-state index is 11.9. The molecule has 1 saturated carbocycles. The van der Waals surface area contributed by atoms with Crippen molar-refractivity contribution in [2.24, 2.45) is 5.92 Å². The maximum atomic E-state index is 11.9. The average molecular weight is 223 g/mol. The van der Waals surface area contributed by atoms with Gasteiger partial charge in [0.1, 0.15) is 5.54 Å². The van der Waals surface area contributed by atoms with Gasteiger partial charge in [0.15, 0.2) is 0 Å². The molecule has 0 aromatic rings. The average Bonchev–Trinajstić information content (AvgIpc) is 2.78. The van der Waals surface area contributed by atoms with Crippen LogP contribution in [0, 0.1) is 5.92 Å². The molecule has 0 spiro atoms. The van der Waals surface area contributed by atoms with E-state index in [0.29, 0.717) is 0 Å². The summed E-state index contributed by atoms with van der Waals surface area (Å²) in [6.07, 6.45) is -3.92. The Balaban J connectivity index is 2.76. The zero-order chi connectivity index (χ0) is 11.9. The highest BCUT2D eigenvalue weighted by Gasteiger charge is 2.62. The second kappa shape index (κ2) is 3.25. The Morgan fingerprint density at radius 1 is 1.53 bits per heavy atom. The van der Waals surface area contributed by atoms with Crippen molar-refractivity contribution in [1.29, 1.82) is 0 Å². The lowest BCUT2D eigenvalue weighted by Gasteiger charge is -2.15. The third-order valence-electron chi connectivity index (χ3n) is 2.27. The molecule has 7 heteroatoms. The number of hydrogen-bond acceptors (Lipinski definition) is 2. The van der Waals surface area contributed by atoms with Crippen LogP contribution >= 0.6 is 0 Å². The van der Waals surface area contributed by atoms with E-state index < -0.39 is 29.5 Å². The van der Waals surface area contributed by atoms with E-state index in [-0.39, 0.29) is 6.42 Å². The van der Waals surface area contributed by atoms with E-state index in [1.54, 1.807) is 0 Å². The van der Waals surface area contributed by atoms with Gasteiger partial charge >= 0.3 is 18.1 Å². The van der Waals surface area contributed by atoms with Crippen molar-refractivity contribution in [2.45, 2.75) is 18.1 Å². The van der Waals surface area contributed by atoms with Crippen LogP contribution in [0.1, 0.15) is 6.42 Å². The molecule has 0 radical (unpaired) electrons. The highest BCUT2D eigenvalue weighted by Crippen LogP contribution is 2.45. The Labute approximate surface area is 82.8 Å². The zero-order valence-electron chi connectivity index (χ0n) is 7.47. The van der Waals surface area contributed by atoms with E-state index in [1.807, 2.05) is 0 Å². The lowest BCUT2D eigenvalue weighted by molar-refractivity contribution is -0.176. The molecule has 0 aliphatic heterocycles. The molecule has 1 fully saturated rings. The molecule has 0 aromatic carbocycles. The van der Waals surface area contributed by atoms with Crippen LogP contribution < -0.4 is 5.32 Å². The first-order valence-corrected chi connectivity index (χ1v) is 3.99. The number of nitrogens with one attached hydrogen (secondary N) is 1. The molecule has 4 nitrogen and oxygen atoms in total. The second-order valence-corrected chi connectivity index (χ2v) is 3.27. The topological polar surface area (TPSA) is 66.4 Å². The normalized spacial score (nSPS) is 29.4. The molecule has 15 heavy (non-hydrogen) atoms. The number of halogens is 3. The van der Waals surface area contributed by atoms with Gasteiger partial charge in [-0.15, -0.1) is 6.58 Å². The van der Waals surface area contributed by atoms with Gasteiger partial charge in [-0.25, -0.2) is 4.79 Å². The van der Waals surface area contributed by atoms with E-state index in [0.717, 1.165) is 0 Å². The van der Waals surface area contributed by atoms with Crippen molar-refractivity contribution >= 4 is 11.9 Å². The monoisotopic (exact) mass is 223 g/mol. The SMILES string of the molecule is C=C[C@H]1C[C@@]1(NC(=O)C(F)(F)F)C(=O)O. The minimum Gasteiger partial charge on any atom is -0.479 e. The molecular weight excluding hydrogens is 215 g/mol. The number of alkyl halides is 3. The Kier molecular flexibility index (Phi) is 2.50. The van der Waals surface area contributed by atoms with Gasteiger partial charge in [-0.3, -0.25) is 4.79 Å². The molecule has 0 heterocycles. The molecule has 1 amide bonds. The third-order valence-corrected chi connectivity index (χ3v) is 2.27. The molecule has 2 atom stereocenters. The molecule has 1 aliphatic rings. The fourth-order valence-corrected chi connectivity index (χ4v) is 1.29. The summed E-state index contributed by atoms with van der Waals surface area (Å²) in [6, 6.07) is 0. The van der Waals surface area contributed by atoms with E-state index in [9.17, 15) is 22.8 Å². The molecule has 84 valence electrons.